The molecule has 0 heterocycles. The first-order valence-corrected chi connectivity index (χ1v) is 11.9. The van der Waals surface area contributed by atoms with Gasteiger partial charge in [0.15, 0.2) is 0 Å². The van der Waals surface area contributed by atoms with Gasteiger partial charge in [-0.3, -0.25) is 9.59 Å². The molecule has 0 fully saturated rings. The topological polar surface area (TPSA) is 101 Å². The lowest BCUT2D eigenvalue weighted by molar-refractivity contribution is -0.150. The molecule has 0 amide bonds. The predicted octanol–water partition coefficient (Wildman–Crippen LogP) is 6.11. The molecule has 5 atom stereocenters. The molecule has 6 heteroatoms. The van der Waals surface area contributed by atoms with Crippen molar-refractivity contribution in [1.82, 2.24) is 0 Å². The lowest BCUT2D eigenvalue weighted by atomic mass is 9.84. The van der Waals surface area contributed by atoms with Crippen LogP contribution in [0, 0.1) is 29.6 Å². The molecule has 0 aromatic heterocycles. The third kappa shape index (κ3) is 14.0. The van der Waals surface area contributed by atoms with Gasteiger partial charge in [-0.15, -0.1) is 0 Å². The van der Waals surface area contributed by atoms with E-state index in [2.05, 4.69) is 40.7 Å². The van der Waals surface area contributed by atoms with Gasteiger partial charge in [-0.05, 0) is 62.4 Å². The second-order valence-corrected chi connectivity index (χ2v) is 9.71. The summed E-state index contributed by atoms with van der Waals surface area (Å²) in [6.45, 7) is 14.5. The van der Waals surface area contributed by atoms with Crippen LogP contribution < -0.4 is 0 Å². The summed E-state index contributed by atoms with van der Waals surface area (Å²) < 4.78 is 4.92. The molecular formula is C26H44O6. The van der Waals surface area contributed by atoms with Gasteiger partial charge in [0, 0.05) is 5.57 Å². The summed E-state index contributed by atoms with van der Waals surface area (Å²) in [7, 11) is 0. The normalized spacial score (nSPS) is 17.2. The standard InChI is InChI=1S/C26H44O6/c1-8-17(2)11-18(3)12-19(4)13-20(5)14-21(6)15-23(25(29)30)16-22(7)26(31)32-10-9-24(27)28/h14-15,17-20,22H,8-13,16H2,1-7H3,(H,27,28)(H,29,30)/b21-14+,23-15-. The fourth-order valence-corrected chi connectivity index (χ4v) is 4.21. The highest BCUT2D eigenvalue weighted by atomic mass is 16.5. The molecule has 0 bridgehead atoms. The van der Waals surface area contributed by atoms with E-state index in [1.165, 1.54) is 19.3 Å². The zero-order chi connectivity index (χ0) is 24.8. The molecule has 0 aliphatic rings. The molecule has 6 nitrogen and oxygen atoms in total. The Kier molecular flexibility index (Phi) is 14.6. The van der Waals surface area contributed by atoms with Crippen LogP contribution in [-0.2, 0) is 19.1 Å². The number of aliphatic carboxylic acids is 2. The molecule has 0 spiro atoms. The van der Waals surface area contributed by atoms with Crippen LogP contribution in [0.2, 0.25) is 0 Å². The van der Waals surface area contributed by atoms with Crippen LogP contribution in [0.3, 0.4) is 0 Å². The van der Waals surface area contributed by atoms with E-state index in [4.69, 9.17) is 9.84 Å². The Bertz CT molecular complexity index is 663. The smallest absolute Gasteiger partial charge is 0.331 e. The van der Waals surface area contributed by atoms with Gasteiger partial charge in [0.1, 0.15) is 6.61 Å². The lowest BCUT2D eigenvalue weighted by Crippen LogP contribution is -2.19. The minimum Gasteiger partial charge on any atom is -0.481 e. The number of carboxylic acid groups (broad SMARTS) is 2. The summed E-state index contributed by atoms with van der Waals surface area (Å²) in [4.78, 5) is 34.2. The van der Waals surface area contributed by atoms with Gasteiger partial charge >= 0.3 is 17.9 Å². The SMILES string of the molecule is CCC(C)CC(C)CC(C)CC(C)/C=C(C)/C=C(/CC(C)C(=O)OCCC(=O)O)C(=O)O. The van der Waals surface area contributed by atoms with Crippen LogP contribution in [0.5, 0.6) is 0 Å². The molecule has 0 saturated carbocycles. The van der Waals surface area contributed by atoms with E-state index in [-0.39, 0.29) is 25.0 Å². The number of ether oxygens (including phenoxy) is 1. The van der Waals surface area contributed by atoms with E-state index in [0.29, 0.717) is 17.8 Å². The summed E-state index contributed by atoms with van der Waals surface area (Å²) in [5.41, 5.74) is 1.00. The molecule has 0 aliphatic carbocycles. The molecule has 0 aromatic carbocycles. The Labute approximate surface area is 194 Å². The highest BCUT2D eigenvalue weighted by Gasteiger charge is 2.20. The monoisotopic (exact) mass is 452 g/mol. The van der Waals surface area contributed by atoms with Gasteiger partial charge < -0.3 is 14.9 Å². The van der Waals surface area contributed by atoms with Crippen molar-refractivity contribution in [3.05, 3.63) is 23.3 Å². The predicted molar refractivity (Wildman–Crippen MR) is 127 cm³/mol. The Morgan fingerprint density at radius 2 is 1.47 bits per heavy atom. The van der Waals surface area contributed by atoms with E-state index >= 15 is 0 Å². The third-order valence-electron chi connectivity index (χ3n) is 5.79. The molecule has 5 unspecified atom stereocenters. The number of allylic oxidation sites excluding steroid dienone is 3. The number of carboxylic acids is 2. The number of esters is 1. The maximum Gasteiger partial charge on any atom is 0.331 e. The maximum atomic E-state index is 12.0. The van der Waals surface area contributed by atoms with Gasteiger partial charge in [-0.1, -0.05) is 59.6 Å². The number of hydrogen-bond donors (Lipinski definition) is 2. The van der Waals surface area contributed by atoms with Crippen molar-refractivity contribution in [2.75, 3.05) is 6.61 Å². The zero-order valence-electron chi connectivity index (χ0n) is 21.0. The van der Waals surface area contributed by atoms with Gasteiger partial charge in [0.05, 0.1) is 12.3 Å². The maximum absolute atomic E-state index is 12.0. The molecule has 0 saturated heterocycles. The highest BCUT2D eigenvalue weighted by Crippen LogP contribution is 2.26. The first-order chi connectivity index (χ1) is 14.8. The van der Waals surface area contributed by atoms with Crippen LogP contribution in [0.25, 0.3) is 0 Å². The first-order valence-electron chi connectivity index (χ1n) is 11.9. The van der Waals surface area contributed by atoms with Crippen LogP contribution >= 0.6 is 0 Å². The van der Waals surface area contributed by atoms with Gasteiger partial charge in [0.2, 0.25) is 0 Å². The van der Waals surface area contributed by atoms with Crippen LogP contribution in [0.4, 0.5) is 0 Å². The van der Waals surface area contributed by atoms with E-state index in [9.17, 15) is 19.5 Å². The Morgan fingerprint density at radius 1 is 0.906 bits per heavy atom. The molecular weight excluding hydrogens is 408 g/mol. The molecule has 32 heavy (non-hydrogen) atoms. The van der Waals surface area contributed by atoms with Crippen molar-refractivity contribution >= 4 is 17.9 Å². The summed E-state index contributed by atoms with van der Waals surface area (Å²) in [6.07, 6.45) is 8.19. The largest absolute Gasteiger partial charge is 0.481 e. The van der Waals surface area contributed by atoms with Crippen molar-refractivity contribution in [3.63, 3.8) is 0 Å². The molecule has 184 valence electrons. The lowest BCUT2D eigenvalue weighted by Gasteiger charge is -2.21. The minimum atomic E-state index is -1.07. The average Bonchev–Trinajstić information content (AvgIpc) is 2.65. The number of carbonyl (C=O) groups is 3. The van der Waals surface area contributed by atoms with Crippen molar-refractivity contribution in [1.29, 1.82) is 0 Å². The van der Waals surface area contributed by atoms with E-state index in [0.717, 1.165) is 17.9 Å². The molecule has 2 N–H and O–H groups in total. The first kappa shape index (κ1) is 29.9. The Hall–Kier alpha value is -2.11. The summed E-state index contributed by atoms with van der Waals surface area (Å²) in [5.74, 6) is -0.992. The van der Waals surface area contributed by atoms with Crippen molar-refractivity contribution in [2.45, 2.75) is 87.0 Å². The summed E-state index contributed by atoms with van der Waals surface area (Å²) in [5, 5.41) is 18.2. The van der Waals surface area contributed by atoms with E-state index < -0.39 is 23.8 Å². The quantitative estimate of drug-likeness (QED) is 0.166. The van der Waals surface area contributed by atoms with Crippen molar-refractivity contribution in [3.8, 4) is 0 Å². The third-order valence-corrected chi connectivity index (χ3v) is 5.79. The van der Waals surface area contributed by atoms with E-state index in [1.807, 2.05) is 6.92 Å². The Morgan fingerprint density at radius 3 is 2.00 bits per heavy atom. The Balaban J connectivity index is 4.88. The summed E-state index contributed by atoms with van der Waals surface area (Å²) >= 11 is 0. The fraction of sp³-hybridized carbons (Fsp3) is 0.731. The number of carbonyl (C=O) groups excluding carboxylic acids is 1. The fourth-order valence-electron chi connectivity index (χ4n) is 4.21. The van der Waals surface area contributed by atoms with Gasteiger partial charge in [-0.25, -0.2) is 4.79 Å². The number of rotatable bonds is 16. The van der Waals surface area contributed by atoms with Crippen molar-refractivity contribution in [2.24, 2.45) is 29.6 Å². The minimum absolute atomic E-state index is 0.0321. The van der Waals surface area contributed by atoms with Crippen LogP contribution in [-0.4, -0.2) is 34.7 Å². The molecule has 0 rings (SSSR count). The number of hydrogen-bond acceptors (Lipinski definition) is 4. The van der Waals surface area contributed by atoms with Gasteiger partial charge in [-0.2, -0.15) is 0 Å². The molecule has 0 aliphatic heterocycles. The van der Waals surface area contributed by atoms with Crippen molar-refractivity contribution < 1.29 is 29.3 Å². The van der Waals surface area contributed by atoms with Gasteiger partial charge in [0.25, 0.3) is 0 Å². The highest BCUT2D eigenvalue weighted by molar-refractivity contribution is 5.88. The van der Waals surface area contributed by atoms with E-state index in [1.54, 1.807) is 13.0 Å². The average molecular weight is 453 g/mol. The zero-order valence-corrected chi connectivity index (χ0v) is 21.0. The summed E-state index contributed by atoms with van der Waals surface area (Å²) in [6, 6.07) is 0. The molecule has 0 aromatic rings. The second kappa shape index (κ2) is 15.7. The van der Waals surface area contributed by atoms with Crippen LogP contribution in [0.15, 0.2) is 23.3 Å². The second-order valence-electron chi connectivity index (χ2n) is 9.71. The molecule has 0 radical (unpaired) electrons. The van der Waals surface area contributed by atoms with Crippen LogP contribution in [0.1, 0.15) is 87.0 Å².